The zero-order chi connectivity index (χ0) is 6.24. The minimum Gasteiger partial charge on any atom is -0.232 e. The van der Waals surface area contributed by atoms with Gasteiger partial charge in [-0.1, -0.05) is 37.0 Å². The van der Waals surface area contributed by atoms with Gasteiger partial charge < -0.3 is 0 Å². The van der Waals surface area contributed by atoms with Gasteiger partial charge in [-0.25, -0.2) is 5.11 Å². The van der Waals surface area contributed by atoms with Crippen molar-refractivity contribution < 1.29 is 5.11 Å². The molecule has 1 nitrogen and oxygen atoms in total. The summed E-state index contributed by atoms with van der Waals surface area (Å²) < 4.78 is 0. The van der Waals surface area contributed by atoms with Crippen molar-refractivity contribution in [3.63, 3.8) is 0 Å². The second kappa shape index (κ2) is 6.18. The highest BCUT2D eigenvalue weighted by molar-refractivity contribution is 5.08. The number of allylic oxidation sites excluding steroid dienone is 4. The first-order valence-corrected chi connectivity index (χ1v) is 2.44. The van der Waals surface area contributed by atoms with Gasteiger partial charge in [-0.3, -0.25) is 0 Å². The second-order valence-electron chi connectivity index (χ2n) is 1.22. The van der Waals surface area contributed by atoms with Crippen LogP contribution >= 0.6 is 0 Å². The summed E-state index contributed by atoms with van der Waals surface area (Å²) in [6.45, 7) is 3.31. The van der Waals surface area contributed by atoms with Crippen molar-refractivity contribution in [3.8, 4) is 0 Å². The summed E-state index contributed by atoms with van der Waals surface area (Å²) in [6.07, 6.45) is 8.45. The van der Waals surface area contributed by atoms with Crippen LogP contribution in [0.4, 0.5) is 0 Å². The molecule has 0 rings (SSSR count). The van der Waals surface area contributed by atoms with Gasteiger partial charge in [-0.05, 0) is 0 Å². The molecule has 0 unspecified atom stereocenters. The maximum absolute atomic E-state index is 9.75. The molecule has 0 aromatic carbocycles. The van der Waals surface area contributed by atoms with Gasteiger partial charge in [0.15, 0.2) is 0 Å². The fraction of sp³-hybridized carbons (Fsp3) is 0.143. The van der Waals surface area contributed by atoms with E-state index in [0.717, 1.165) is 0 Å². The van der Waals surface area contributed by atoms with Gasteiger partial charge in [-0.15, -0.1) is 0 Å². The Morgan fingerprint density at radius 3 is 2.50 bits per heavy atom. The van der Waals surface area contributed by atoms with Crippen molar-refractivity contribution in [1.29, 1.82) is 0 Å². The summed E-state index contributed by atoms with van der Waals surface area (Å²) in [6, 6.07) is 0. The fourth-order valence-corrected chi connectivity index (χ4v) is 0.277. The Labute approximate surface area is 49.7 Å². The van der Waals surface area contributed by atoms with Crippen LogP contribution in [0.25, 0.3) is 0 Å². The van der Waals surface area contributed by atoms with Crippen LogP contribution in [-0.4, -0.2) is 6.61 Å². The summed E-state index contributed by atoms with van der Waals surface area (Å²) in [5.74, 6) is 0. The quantitative estimate of drug-likeness (QED) is 0.492. The van der Waals surface area contributed by atoms with E-state index >= 15 is 0 Å². The first-order valence-electron chi connectivity index (χ1n) is 2.44. The van der Waals surface area contributed by atoms with Gasteiger partial charge in [0.25, 0.3) is 0 Å². The largest absolute Gasteiger partial charge is 0.232 e. The lowest BCUT2D eigenvalue weighted by atomic mass is 10.4. The van der Waals surface area contributed by atoms with Gasteiger partial charge in [0.1, 0.15) is 6.61 Å². The van der Waals surface area contributed by atoms with Crippen LogP contribution in [-0.2, 0) is 5.11 Å². The Morgan fingerprint density at radius 1 is 1.25 bits per heavy atom. The fourth-order valence-electron chi connectivity index (χ4n) is 0.277. The number of rotatable bonds is 3. The van der Waals surface area contributed by atoms with E-state index in [-0.39, 0.29) is 6.61 Å². The highest BCUT2D eigenvalue weighted by Gasteiger charge is 1.61. The molecule has 0 atom stereocenters. The molecular weight excluding hydrogens is 100 g/mol. The van der Waals surface area contributed by atoms with Crippen molar-refractivity contribution in [2.75, 3.05) is 6.61 Å². The first kappa shape index (κ1) is 7.18. The molecule has 0 aliphatic rings. The molecule has 0 heterocycles. The van der Waals surface area contributed by atoms with Gasteiger partial charge in [0.2, 0.25) is 0 Å². The van der Waals surface area contributed by atoms with Gasteiger partial charge in [-0.2, -0.15) is 0 Å². The first-order chi connectivity index (χ1) is 3.91. The maximum Gasteiger partial charge on any atom is 0.101 e. The van der Waals surface area contributed by atoms with Crippen LogP contribution in [0, 0.1) is 0 Å². The molecule has 0 amide bonds. The minimum atomic E-state index is -0.151. The monoisotopic (exact) mass is 109 g/mol. The molecule has 0 N–H and O–H groups in total. The Bertz CT molecular complexity index is 101. The summed E-state index contributed by atoms with van der Waals surface area (Å²) in [5.41, 5.74) is 0. The van der Waals surface area contributed by atoms with E-state index in [2.05, 4.69) is 6.58 Å². The van der Waals surface area contributed by atoms with Gasteiger partial charge >= 0.3 is 0 Å². The Hall–Kier alpha value is -0.820. The second-order valence-corrected chi connectivity index (χ2v) is 1.22. The summed E-state index contributed by atoms with van der Waals surface area (Å²) in [4.78, 5) is 0. The Kier molecular flexibility index (Phi) is 5.55. The minimum absolute atomic E-state index is 0.151. The van der Waals surface area contributed by atoms with Crippen molar-refractivity contribution >= 4 is 0 Å². The zero-order valence-corrected chi connectivity index (χ0v) is 4.71. The van der Waals surface area contributed by atoms with E-state index < -0.39 is 0 Å². The Morgan fingerprint density at radius 2 is 2.00 bits per heavy atom. The number of hydrogen-bond acceptors (Lipinski definition) is 0. The highest BCUT2D eigenvalue weighted by atomic mass is 16.2. The van der Waals surface area contributed by atoms with E-state index in [0.29, 0.717) is 0 Å². The SMILES string of the molecule is C=C/C=C/C=C/C[O]. The van der Waals surface area contributed by atoms with Gasteiger partial charge in [0.05, 0.1) is 0 Å². The standard InChI is InChI=1S/C7H9O/c1-2-3-4-5-6-7-8/h2-6H,1,7H2/b4-3+,6-5+. The molecule has 1 heteroatoms. The molecule has 0 aromatic heterocycles. The van der Waals surface area contributed by atoms with E-state index in [9.17, 15) is 5.11 Å². The number of hydrogen-bond donors (Lipinski definition) is 0. The molecule has 0 spiro atoms. The summed E-state index contributed by atoms with van der Waals surface area (Å²) >= 11 is 0. The third-order valence-electron chi connectivity index (χ3n) is 0.591. The molecule has 0 aliphatic carbocycles. The molecule has 0 saturated carbocycles. The lowest BCUT2D eigenvalue weighted by Crippen LogP contribution is -1.63. The molecule has 0 aliphatic heterocycles. The molecule has 1 radical (unpaired) electrons. The molecule has 43 valence electrons. The highest BCUT2D eigenvalue weighted by Crippen LogP contribution is 1.75. The smallest absolute Gasteiger partial charge is 0.101 e. The molecular formula is C7H9O. The third-order valence-corrected chi connectivity index (χ3v) is 0.591. The lowest BCUT2D eigenvalue weighted by Gasteiger charge is -1.69. The topological polar surface area (TPSA) is 19.9 Å². The molecule has 0 aromatic rings. The van der Waals surface area contributed by atoms with E-state index in [1.165, 1.54) is 0 Å². The normalized spacial score (nSPS) is 11.1. The predicted octanol–water partition coefficient (Wildman–Crippen LogP) is 1.72. The van der Waals surface area contributed by atoms with Crippen LogP contribution in [0.15, 0.2) is 37.0 Å². The molecule has 0 saturated heterocycles. The van der Waals surface area contributed by atoms with Gasteiger partial charge in [0, 0.05) is 0 Å². The van der Waals surface area contributed by atoms with Crippen molar-refractivity contribution in [2.45, 2.75) is 0 Å². The lowest BCUT2D eigenvalue weighted by molar-refractivity contribution is 0.232. The summed E-state index contributed by atoms with van der Waals surface area (Å²) in [5, 5.41) is 9.75. The molecule has 0 bridgehead atoms. The average molecular weight is 109 g/mol. The Balaban J connectivity index is 3.26. The molecule has 0 fully saturated rings. The predicted molar refractivity (Wildman–Crippen MR) is 34.0 cm³/mol. The molecule has 8 heavy (non-hydrogen) atoms. The summed E-state index contributed by atoms with van der Waals surface area (Å²) in [7, 11) is 0. The van der Waals surface area contributed by atoms with Crippen molar-refractivity contribution in [3.05, 3.63) is 37.0 Å². The third kappa shape index (κ3) is 5.18. The maximum atomic E-state index is 9.75. The van der Waals surface area contributed by atoms with Crippen LogP contribution in [0.1, 0.15) is 0 Å². The van der Waals surface area contributed by atoms with Crippen LogP contribution < -0.4 is 0 Å². The van der Waals surface area contributed by atoms with Crippen molar-refractivity contribution in [2.24, 2.45) is 0 Å². The van der Waals surface area contributed by atoms with Crippen LogP contribution in [0.2, 0.25) is 0 Å². The van der Waals surface area contributed by atoms with E-state index in [4.69, 9.17) is 0 Å². The van der Waals surface area contributed by atoms with Crippen molar-refractivity contribution in [1.82, 2.24) is 0 Å². The van der Waals surface area contributed by atoms with Crippen LogP contribution in [0.5, 0.6) is 0 Å². The van der Waals surface area contributed by atoms with E-state index in [1.54, 1.807) is 30.4 Å². The average Bonchev–Trinajstić information content (AvgIpc) is 1.81. The zero-order valence-electron chi connectivity index (χ0n) is 4.71. The van der Waals surface area contributed by atoms with Crippen LogP contribution in [0.3, 0.4) is 0 Å². The van der Waals surface area contributed by atoms with E-state index in [1.807, 2.05) is 0 Å².